The van der Waals surface area contributed by atoms with Gasteiger partial charge in [-0.2, -0.15) is 9.49 Å². The molecule has 3 rings (SSSR count). The molecule has 2 heterocycles. The third-order valence-electron chi connectivity index (χ3n) is 3.87. The Morgan fingerprint density at radius 3 is 2.70 bits per heavy atom. The first kappa shape index (κ1) is 15.3. The average Bonchev–Trinajstić information content (AvgIpc) is 2.92. The second-order valence-corrected chi connectivity index (χ2v) is 5.46. The number of rotatable bonds is 4. The molecule has 0 unspecified atom stereocenters. The molecule has 1 aromatic heterocycles. The zero-order valence-electron chi connectivity index (χ0n) is 12.7. The second kappa shape index (κ2) is 6.29. The Balaban J connectivity index is 1.67. The Labute approximate surface area is 132 Å². The van der Waals surface area contributed by atoms with E-state index in [1.54, 1.807) is 6.07 Å². The molecule has 0 aliphatic carbocycles. The van der Waals surface area contributed by atoms with Crippen molar-refractivity contribution in [3.05, 3.63) is 45.8 Å². The summed E-state index contributed by atoms with van der Waals surface area (Å²) < 4.78 is 13.7. The van der Waals surface area contributed by atoms with Crippen LogP contribution in [-0.2, 0) is 6.54 Å². The number of nitro groups is 1. The summed E-state index contributed by atoms with van der Waals surface area (Å²) in [6, 6.07) is 4.21. The quantitative estimate of drug-likeness (QED) is 0.678. The van der Waals surface area contributed by atoms with Gasteiger partial charge in [-0.15, -0.1) is 0 Å². The normalized spacial score (nSPS) is 15.8. The van der Waals surface area contributed by atoms with Gasteiger partial charge in [-0.05, 0) is 19.1 Å². The number of H-pyrrole nitrogens is 1. The lowest BCUT2D eigenvalue weighted by atomic mass is 10.2. The maximum atomic E-state index is 13.7. The van der Waals surface area contributed by atoms with Crippen LogP contribution in [0.2, 0.25) is 0 Å². The Kier molecular flexibility index (Phi) is 4.20. The van der Waals surface area contributed by atoms with Gasteiger partial charge in [0.1, 0.15) is 11.5 Å². The third kappa shape index (κ3) is 3.29. The van der Waals surface area contributed by atoms with Crippen molar-refractivity contribution in [2.45, 2.75) is 13.5 Å². The number of aryl methyl sites for hydroxylation is 1. The minimum atomic E-state index is -0.800. The average molecular weight is 320 g/mol. The second-order valence-electron chi connectivity index (χ2n) is 5.46. The number of para-hydroxylation sites is 1. The summed E-state index contributed by atoms with van der Waals surface area (Å²) in [5.74, 6) is 0.702. The molecule has 1 N–H and O–H groups in total. The number of nitrogens with one attached hydrogen (secondary N) is 1. The predicted molar refractivity (Wildman–Crippen MR) is 81.7 cm³/mol. The smallest absolute Gasteiger partial charge is 0.327 e. The van der Waals surface area contributed by atoms with Crippen LogP contribution in [0.4, 0.5) is 15.8 Å². The first-order valence-corrected chi connectivity index (χ1v) is 7.32. The van der Waals surface area contributed by atoms with E-state index < -0.39 is 16.4 Å². The predicted octanol–water partition coefficient (Wildman–Crippen LogP) is 1.48. The molecule has 1 fully saturated rings. The van der Waals surface area contributed by atoms with Gasteiger partial charge < -0.3 is 4.90 Å². The van der Waals surface area contributed by atoms with Gasteiger partial charge in [0.2, 0.25) is 5.82 Å². The highest BCUT2D eigenvalue weighted by Crippen LogP contribution is 2.31. The van der Waals surface area contributed by atoms with Gasteiger partial charge in [-0.25, -0.2) is 4.98 Å². The molecule has 0 spiro atoms. The zero-order chi connectivity index (χ0) is 16.4. The van der Waals surface area contributed by atoms with Gasteiger partial charge >= 0.3 is 5.69 Å². The van der Waals surface area contributed by atoms with Crippen molar-refractivity contribution in [2.24, 2.45) is 0 Å². The molecule has 0 saturated carbocycles. The van der Waals surface area contributed by atoms with Gasteiger partial charge in [0.25, 0.3) is 0 Å². The molecular formula is C14H17FN6O2. The van der Waals surface area contributed by atoms with E-state index in [1.165, 1.54) is 6.07 Å². The van der Waals surface area contributed by atoms with Gasteiger partial charge in [0, 0.05) is 26.2 Å². The number of benzene rings is 1. The molecule has 1 aliphatic rings. The maximum absolute atomic E-state index is 13.7. The van der Waals surface area contributed by atoms with Crippen molar-refractivity contribution in [3.8, 4) is 0 Å². The number of aromatic amines is 1. The molecule has 9 heteroatoms. The minimum absolute atomic E-state index is 0.336. The van der Waals surface area contributed by atoms with Crippen LogP contribution in [0.5, 0.6) is 0 Å². The van der Waals surface area contributed by atoms with E-state index >= 15 is 0 Å². The minimum Gasteiger partial charge on any atom is -0.363 e. The molecule has 1 saturated heterocycles. The van der Waals surface area contributed by atoms with Crippen molar-refractivity contribution in [1.29, 1.82) is 0 Å². The molecule has 2 aromatic rings. The van der Waals surface area contributed by atoms with Gasteiger partial charge in [0.05, 0.1) is 11.5 Å². The Hall–Kier alpha value is -2.55. The lowest BCUT2D eigenvalue weighted by Gasteiger charge is -2.35. The SMILES string of the molecule is Cc1nc(CN2CCN(c3cccc(F)c3[N+](=O)[O-])CC2)n[nH]1. The molecule has 122 valence electrons. The fourth-order valence-corrected chi connectivity index (χ4v) is 2.75. The van der Waals surface area contributed by atoms with E-state index in [1.807, 2.05) is 11.8 Å². The van der Waals surface area contributed by atoms with Crippen LogP contribution in [0.25, 0.3) is 0 Å². The highest BCUT2D eigenvalue weighted by molar-refractivity contribution is 5.64. The van der Waals surface area contributed by atoms with Gasteiger partial charge in [-0.1, -0.05) is 6.07 Å². The number of halogens is 1. The molecule has 1 aliphatic heterocycles. The molecule has 0 radical (unpaired) electrons. The number of anilines is 1. The maximum Gasteiger partial charge on any atom is 0.327 e. The van der Waals surface area contributed by atoms with Crippen LogP contribution < -0.4 is 4.90 Å². The fourth-order valence-electron chi connectivity index (χ4n) is 2.75. The largest absolute Gasteiger partial charge is 0.363 e. The van der Waals surface area contributed by atoms with Crippen molar-refractivity contribution in [2.75, 3.05) is 31.1 Å². The first-order chi connectivity index (χ1) is 11.0. The number of hydrogen-bond acceptors (Lipinski definition) is 6. The summed E-state index contributed by atoms with van der Waals surface area (Å²) in [6.45, 7) is 5.07. The van der Waals surface area contributed by atoms with E-state index in [9.17, 15) is 14.5 Å². The van der Waals surface area contributed by atoms with Crippen LogP contribution in [-0.4, -0.2) is 51.2 Å². The zero-order valence-corrected chi connectivity index (χ0v) is 12.7. The molecule has 0 amide bonds. The summed E-state index contributed by atoms with van der Waals surface area (Å²) in [7, 11) is 0. The Bertz CT molecular complexity index is 711. The molecule has 0 atom stereocenters. The molecule has 0 bridgehead atoms. The summed E-state index contributed by atoms with van der Waals surface area (Å²) in [5.41, 5.74) is -0.117. The summed E-state index contributed by atoms with van der Waals surface area (Å²) in [4.78, 5) is 18.7. The standard InChI is InChI=1S/C14H17FN6O2/c1-10-16-13(18-17-10)9-19-5-7-20(8-6-19)12-4-2-3-11(15)14(12)21(22)23/h2-4H,5-9H2,1H3,(H,16,17,18). The van der Waals surface area contributed by atoms with Crippen LogP contribution in [0.15, 0.2) is 18.2 Å². The fraction of sp³-hybridized carbons (Fsp3) is 0.429. The van der Waals surface area contributed by atoms with Crippen molar-refractivity contribution in [1.82, 2.24) is 20.1 Å². The van der Waals surface area contributed by atoms with E-state index in [0.717, 1.165) is 17.7 Å². The van der Waals surface area contributed by atoms with Gasteiger partial charge in [0.15, 0.2) is 5.82 Å². The van der Waals surface area contributed by atoms with E-state index in [4.69, 9.17) is 0 Å². The van der Waals surface area contributed by atoms with E-state index in [2.05, 4.69) is 20.1 Å². The van der Waals surface area contributed by atoms with Crippen LogP contribution in [0.3, 0.4) is 0 Å². The van der Waals surface area contributed by atoms with E-state index in [-0.39, 0.29) is 0 Å². The van der Waals surface area contributed by atoms with Crippen molar-refractivity contribution >= 4 is 11.4 Å². The molecule has 1 aromatic carbocycles. The number of nitro benzene ring substituents is 1. The lowest BCUT2D eigenvalue weighted by Crippen LogP contribution is -2.46. The highest BCUT2D eigenvalue weighted by Gasteiger charge is 2.27. The number of hydrogen-bond donors (Lipinski definition) is 1. The number of piperazine rings is 1. The van der Waals surface area contributed by atoms with Crippen molar-refractivity contribution < 1.29 is 9.31 Å². The molecule has 8 nitrogen and oxygen atoms in total. The lowest BCUT2D eigenvalue weighted by molar-refractivity contribution is -0.386. The van der Waals surface area contributed by atoms with Crippen LogP contribution >= 0.6 is 0 Å². The monoisotopic (exact) mass is 320 g/mol. The summed E-state index contributed by atoms with van der Waals surface area (Å²) in [6.07, 6.45) is 0. The van der Waals surface area contributed by atoms with Crippen LogP contribution in [0.1, 0.15) is 11.6 Å². The summed E-state index contributed by atoms with van der Waals surface area (Å²) in [5, 5.41) is 18.0. The Morgan fingerprint density at radius 2 is 2.09 bits per heavy atom. The molecule has 23 heavy (non-hydrogen) atoms. The number of aromatic nitrogens is 3. The Morgan fingerprint density at radius 1 is 1.35 bits per heavy atom. The summed E-state index contributed by atoms with van der Waals surface area (Å²) >= 11 is 0. The topological polar surface area (TPSA) is 91.2 Å². The van der Waals surface area contributed by atoms with Crippen LogP contribution in [0, 0.1) is 22.9 Å². The van der Waals surface area contributed by atoms with Gasteiger partial charge in [-0.3, -0.25) is 20.1 Å². The van der Waals surface area contributed by atoms with Crippen molar-refractivity contribution in [3.63, 3.8) is 0 Å². The first-order valence-electron chi connectivity index (χ1n) is 7.32. The molecular weight excluding hydrogens is 303 g/mol. The van der Waals surface area contributed by atoms with E-state index in [0.29, 0.717) is 38.4 Å². The highest BCUT2D eigenvalue weighted by atomic mass is 19.1. The third-order valence-corrected chi connectivity index (χ3v) is 3.87. The number of nitrogens with zero attached hydrogens (tertiary/aromatic N) is 5.